The Labute approximate surface area is 79.7 Å². The van der Waals surface area contributed by atoms with Crippen molar-refractivity contribution < 1.29 is 0 Å². The van der Waals surface area contributed by atoms with Crippen molar-refractivity contribution in [3.05, 3.63) is 30.0 Å². The summed E-state index contributed by atoms with van der Waals surface area (Å²) in [5, 5.41) is 3.06. The Kier molecular flexibility index (Phi) is 3.07. The molecule has 1 aromatic heterocycles. The molecule has 0 unspecified atom stereocenters. The van der Waals surface area contributed by atoms with Crippen molar-refractivity contribution in [1.29, 1.82) is 0 Å². The van der Waals surface area contributed by atoms with Gasteiger partial charge in [-0.1, -0.05) is 26.5 Å². The van der Waals surface area contributed by atoms with Crippen LogP contribution in [0.4, 0.5) is 5.82 Å². The number of rotatable bonds is 3. The fourth-order valence-electron chi connectivity index (χ4n) is 1.41. The summed E-state index contributed by atoms with van der Waals surface area (Å²) in [6.07, 6.45) is 3.68. The van der Waals surface area contributed by atoms with Crippen LogP contribution in [-0.2, 0) is 0 Å². The van der Waals surface area contributed by atoms with Crippen molar-refractivity contribution in [1.82, 2.24) is 4.98 Å². The summed E-state index contributed by atoms with van der Waals surface area (Å²) in [6, 6.07) is 2.04. The van der Waals surface area contributed by atoms with Crippen molar-refractivity contribution in [3.8, 4) is 0 Å². The third-order valence-electron chi connectivity index (χ3n) is 2.09. The highest BCUT2D eigenvalue weighted by molar-refractivity contribution is 5.65. The molecule has 0 aromatic carbocycles. The van der Waals surface area contributed by atoms with E-state index in [1.54, 1.807) is 0 Å². The van der Waals surface area contributed by atoms with Gasteiger partial charge in [-0.3, -0.25) is 0 Å². The highest BCUT2D eigenvalue weighted by atomic mass is 15.0. The van der Waals surface area contributed by atoms with Crippen LogP contribution in [0.5, 0.6) is 0 Å². The number of nitrogens with zero attached hydrogens (tertiary/aromatic N) is 1. The van der Waals surface area contributed by atoms with Crippen LogP contribution in [0.1, 0.15) is 30.9 Å². The maximum absolute atomic E-state index is 4.23. The summed E-state index contributed by atoms with van der Waals surface area (Å²) >= 11 is 0. The first kappa shape index (κ1) is 9.78. The first-order chi connectivity index (χ1) is 6.20. The van der Waals surface area contributed by atoms with E-state index >= 15 is 0 Å². The topological polar surface area (TPSA) is 24.9 Å². The van der Waals surface area contributed by atoms with Crippen LogP contribution >= 0.6 is 0 Å². The Hall–Kier alpha value is -1.31. The SMILES string of the molecule is C=Cc1c(C(C)C)ccnc1NC. The zero-order valence-electron chi connectivity index (χ0n) is 8.46. The zero-order chi connectivity index (χ0) is 9.84. The van der Waals surface area contributed by atoms with Crippen LogP contribution in [0.3, 0.4) is 0 Å². The lowest BCUT2D eigenvalue weighted by molar-refractivity contribution is 0.860. The van der Waals surface area contributed by atoms with E-state index in [0.717, 1.165) is 11.4 Å². The van der Waals surface area contributed by atoms with E-state index in [1.165, 1.54) is 5.56 Å². The van der Waals surface area contributed by atoms with E-state index in [1.807, 2.05) is 25.4 Å². The standard InChI is InChI=1S/C11H16N2/c1-5-9-10(8(2)3)6-7-13-11(9)12-4/h5-8H,1H2,2-4H3,(H,12,13). The molecule has 1 rings (SSSR count). The fourth-order valence-corrected chi connectivity index (χ4v) is 1.41. The van der Waals surface area contributed by atoms with Gasteiger partial charge in [-0.2, -0.15) is 0 Å². The van der Waals surface area contributed by atoms with E-state index in [4.69, 9.17) is 0 Å². The number of anilines is 1. The third kappa shape index (κ3) is 1.89. The first-order valence-corrected chi connectivity index (χ1v) is 4.49. The molecule has 1 heterocycles. The molecule has 0 spiro atoms. The predicted octanol–water partition coefficient (Wildman–Crippen LogP) is 2.89. The monoisotopic (exact) mass is 176 g/mol. The van der Waals surface area contributed by atoms with Crippen molar-refractivity contribution in [2.75, 3.05) is 12.4 Å². The molecule has 0 radical (unpaired) electrons. The van der Waals surface area contributed by atoms with Gasteiger partial charge in [0.05, 0.1) is 0 Å². The minimum Gasteiger partial charge on any atom is -0.373 e. The lowest BCUT2D eigenvalue weighted by atomic mass is 9.98. The zero-order valence-corrected chi connectivity index (χ0v) is 8.46. The summed E-state index contributed by atoms with van der Waals surface area (Å²) in [6.45, 7) is 8.14. The molecule has 0 saturated heterocycles. The van der Waals surface area contributed by atoms with E-state index in [9.17, 15) is 0 Å². The van der Waals surface area contributed by atoms with E-state index < -0.39 is 0 Å². The van der Waals surface area contributed by atoms with Crippen molar-refractivity contribution in [2.45, 2.75) is 19.8 Å². The molecule has 0 aliphatic heterocycles. The van der Waals surface area contributed by atoms with E-state index in [-0.39, 0.29) is 0 Å². The van der Waals surface area contributed by atoms with Crippen molar-refractivity contribution >= 4 is 11.9 Å². The molecule has 2 heteroatoms. The van der Waals surface area contributed by atoms with Gasteiger partial charge < -0.3 is 5.32 Å². The maximum Gasteiger partial charge on any atom is 0.133 e. The quantitative estimate of drug-likeness (QED) is 0.766. The molecule has 0 aliphatic carbocycles. The summed E-state index contributed by atoms with van der Waals surface area (Å²) in [5.41, 5.74) is 2.40. The van der Waals surface area contributed by atoms with Gasteiger partial charge in [-0.15, -0.1) is 0 Å². The predicted molar refractivity (Wildman–Crippen MR) is 58.0 cm³/mol. The third-order valence-corrected chi connectivity index (χ3v) is 2.09. The Morgan fingerprint density at radius 2 is 2.23 bits per heavy atom. The smallest absolute Gasteiger partial charge is 0.133 e. The fraction of sp³-hybridized carbons (Fsp3) is 0.364. The largest absolute Gasteiger partial charge is 0.373 e. The minimum absolute atomic E-state index is 0.503. The van der Waals surface area contributed by atoms with Crippen molar-refractivity contribution in [2.24, 2.45) is 0 Å². The number of aromatic nitrogens is 1. The van der Waals surface area contributed by atoms with Gasteiger partial charge in [0.2, 0.25) is 0 Å². The molecular weight excluding hydrogens is 160 g/mol. The lowest BCUT2D eigenvalue weighted by Gasteiger charge is -2.12. The van der Waals surface area contributed by atoms with E-state index in [0.29, 0.717) is 5.92 Å². The van der Waals surface area contributed by atoms with Crippen LogP contribution in [0.2, 0.25) is 0 Å². The molecule has 0 amide bonds. The normalized spacial score (nSPS) is 10.2. The molecule has 0 atom stereocenters. The van der Waals surface area contributed by atoms with Crippen LogP contribution in [0.15, 0.2) is 18.8 Å². The second-order valence-corrected chi connectivity index (χ2v) is 3.27. The maximum atomic E-state index is 4.23. The summed E-state index contributed by atoms with van der Waals surface area (Å²) in [5.74, 6) is 1.41. The second kappa shape index (κ2) is 4.08. The van der Waals surface area contributed by atoms with Crippen LogP contribution in [-0.4, -0.2) is 12.0 Å². The Morgan fingerprint density at radius 3 is 2.69 bits per heavy atom. The minimum atomic E-state index is 0.503. The number of hydrogen-bond acceptors (Lipinski definition) is 2. The van der Waals surface area contributed by atoms with Gasteiger partial charge in [0.25, 0.3) is 0 Å². The molecule has 0 fully saturated rings. The van der Waals surface area contributed by atoms with E-state index in [2.05, 4.69) is 30.7 Å². The molecule has 13 heavy (non-hydrogen) atoms. The number of pyridine rings is 1. The summed E-state index contributed by atoms with van der Waals surface area (Å²) in [7, 11) is 1.87. The van der Waals surface area contributed by atoms with Gasteiger partial charge in [0.1, 0.15) is 5.82 Å². The molecule has 2 nitrogen and oxygen atoms in total. The second-order valence-electron chi connectivity index (χ2n) is 3.27. The number of nitrogens with one attached hydrogen (secondary N) is 1. The highest BCUT2D eigenvalue weighted by Gasteiger charge is 2.07. The van der Waals surface area contributed by atoms with Crippen molar-refractivity contribution in [3.63, 3.8) is 0 Å². The molecule has 1 aromatic rings. The lowest BCUT2D eigenvalue weighted by Crippen LogP contribution is -2.00. The first-order valence-electron chi connectivity index (χ1n) is 4.49. The Balaban J connectivity index is 3.27. The molecule has 0 bridgehead atoms. The van der Waals surface area contributed by atoms with Crippen LogP contribution < -0.4 is 5.32 Å². The Morgan fingerprint density at radius 1 is 1.54 bits per heavy atom. The molecule has 0 saturated carbocycles. The average Bonchev–Trinajstić information content (AvgIpc) is 2.16. The molecular formula is C11H16N2. The highest BCUT2D eigenvalue weighted by Crippen LogP contribution is 2.24. The van der Waals surface area contributed by atoms with Gasteiger partial charge in [-0.05, 0) is 17.5 Å². The number of hydrogen-bond donors (Lipinski definition) is 1. The van der Waals surface area contributed by atoms with Gasteiger partial charge in [-0.25, -0.2) is 4.98 Å². The molecule has 1 N–H and O–H groups in total. The van der Waals surface area contributed by atoms with Gasteiger partial charge in [0.15, 0.2) is 0 Å². The van der Waals surface area contributed by atoms with Crippen LogP contribution in [0, 0.1) is 0 Å². The average molecular weight is 176 g/mol. The summed E-state index contributed by atoms with van der Waals surface area (Å²) < 4.78 is 0. The molecule has 0 aliphatic rings. The molecule has 70 valence electrons. The Bertz CT molecular complexity index is 303. The van der Waals surface area contributed by atoms with Gasteiger partial charge in [0, 0.05) is 18.8 Å². The summed E-state index contributed by atoms with van der Waals surface area (Å²) in [4.78, 5) is 4.23. The van der Waals surface area contributed by atoms with Gasteiger partial charge >= 0.3 is 0 Å². The van der Waals surface area contributed by atoms with Crippen LogP contribution in [0.25, 0.3) is 6.08 Å².